The van der Waals surface area contributed by atoms with Crippen molar-refractivity contribution in [1.82, 2.24) is 0 Å². The number of rotatable bonds is 4. The molecule has 1 aromatic carbocycles. The molecule has 3 heteroatoms. The first-order chi connectivity index (χ1) is 8.22. The van der Waals surface area contributed by atoms with E-state index in [1.807, 2.05) is 6.92 Å². The quantitative estimate of drug-likeness (QED) is 0.880. The van der Waals surface area contributed by atoms with Gasteiger partial charge in [0.05, 0.1) is 12.4 Å². The molecule has 1 heterocycles. The van der Waals surface area contributed by atoms with Crippen LogP contribution in [0.3, 0.4) is 0 Å². The predicted octanol–water partition coefficient (Wildman–Crippen LogP) is 3.26. The highest BCUT2D eigenvalue weighted by molar-refractivity contribution is 5.24. The van der Waals surface area contributed by atoms with Gasteiger partial charge in [-0.15, -0.1) is 0 Å². The standard InChI is InChI=1S/C14H15FO2/c1-2-14-11(7-8-17-14)13(16)9-10-5-3-4-6-12(10)15/h3-8,13,16H,2,9H2,1H3. The van der Waals surface area contributed by atoms with Crippen molar-refractivity contribution >= 4 is 0 Å². The number of hydrogen-bond donors (Lipinski definition) is 1. The summed E-state index contributed by atoms with van der Waals surface area (Å²) in [4.78, 5) is 0. The Labute approximate surface area is 99.7 Å². The van der Waals surface area contributed by atoms with E-state index in [-0.39, 0.29) is 12.2 Å². The Kier molecular flexibility index (Phi) is 3.59. The van der Waals surface area contributed by atoms with Crippen LogP contribution in [0.4, 0.5) is 4.39 Å². The van der Waals surface area contributed by atoms with Crippen molar-refractivity contribution in [1.29, 1.82) is 0 Å². The van der Waals surface area contributed by atoms with Crippen LogP contribution < -0.4 is 0 Å². The van der Waals surface area contributed by atoms with Crippen molar-refractivity contribution in [3.05, 3.63) is 59.3 Å². The third-order valence-corrected chi connectivity index (χ3v) is 2.83. The van der Waals surface area contributed by atoms with Crippen LogP contribution >= 0.6 is 0 Å². The van der Waals surface area contributed by atoms with Crippen LogP contribution in [0, 0.1) is 5.82 Å². The number of halogens is 1. The second-order valence-corrected chi connectivity index (χ2v) is 3.96. The summed E-state index contributed by atoms with van der Waals surface area (Å²) in [6.07, 6.45) is 1.81. The molecule has 0 saturated carbocycles. The summed E-state index contributed by atoms with van der Waals surface area (Å²) in [7, 11) is 0. The van der Waals surface area contributed by atoms with Crippen molar-refractivity contribution in [3.63, 3.8) is 0 Å². The Hall–Kier alpha value is -1.61. The zero-order valence-corrected chi connectivity index (χ0v) is 9.69. The van der Waals surface area contributed by atoms with Crippen LogP contribution in [0.1, 0.15) is 29.9 Å². The van der Waals surface area contributed by atoms with Gasteiger partial charge < -0.3 is 9.52 Å². The molecule has 1 unspecified atom stereocenters. The minimum Gasteiger partial charge on any atom is -0.469 e. The van der Waals surface area contributed by atoms with Gasteiger partial charge in [0.1, 0.15) is 11.6 Å². The van der Waals surface area contributed by atoms with Gasteiger partial charge in [0.15, 0.2) is 0 Å². The van der Waals surface area contributed by atoms with Gasteiger partial charge in [-0.05, 0) is 17.7 Å². The molecule has 0 amide bonds. The molecular formula is C14H15FO2. The highest BCUT2D eigenvalue weighted by Gasteiger charge is 2.16. The Morgan fingerprint density at radius 3 is 2.76 bits per heavy atom. The first-order valence-electron chi connectivity index (χ1n) is 5.70. The van der Waals surface area contributed by atoms with E-state index in [2.05, 4.69) is 0 Å². The van der Waals surface area contributed by atoms with Crippen LogP contribution in [0.2, 0.25) is 0 Å². The van der Waals surface area contributed by atoms with Crippen molar-refractivity contribution in [2.45, 2.75) is 25.9 Å². The van der Waals surface area contributed by atoms with E-state index in [9.17, 15) is 9.50 Å². The van der Waals surface area contributed by atoms with Crippen molar-refractivity contribution in [2.24, 2.45) is 0 Å². The maximum Gasteiger partial charge on any atom is 0.126 e. The summed E-state index contributed by atoms with van der Waals surface area (Å²) >= 11 is 0. The molecule has 2 rings (SSSR count). The average Bonchev–Trinajstić information content (AvgIpc) is 2.80. The fourth-order valence-corrected chi connectivity index (χ4v) is 1.92. The van der Waals surface area contributed by atoms with Crippen LogP contribution in [0.15, 0.2) is 41.0 Å². The molecule has 0 bridgehead atoms. The molecule has 0 saturated heterocycles. The molecule has 0 aliphatic heterocycles. The molecule has 0 radical (unpaired) electrons. The molecule has 0 aliphatic rings. The molecule has 17 heavy (non-hydrogen) atoms. The summed E-state index contributed by atoms with van der Waals surface area (Å²) in [5.74, 6) is 0.474. The van der Waals surface area contributed by atoms with Gasteiger partial charge in [-0.3, -0.25) is 0 Å². The Morgan fingerprint density at radius 2 is 2.06 bits per heavy atom. The lowest BCUT2D eigenvalue weighted by Crippen LogP contribution is -2.04. The number of aliphatic hydroxyl groups excluding tert-OH is 1. The zero-order valence-electron chi connectivity index (χ0n) is 9.69. The fourth-order valence-electron chi connectivity index (χ4n) is 1.92. The molecule has 2 aromatic rings. The number of furan rings is 1. The van der Waals surface area contributed by atoms with Crippen molar-refractivity contribution < 1.29 is 13.9 Å². The maximum atomic E-state index is 13.4. The van der Waals surface area contributed by atoms with E-state index in [0.717, 1.165) is 17.7 Å². The molecule has 1 N–H and O–H groups in total. The van der Waals surface area contributed by atoms with Crippen LogP contribution in [-0.2, 0) is 12.8 Å². The number of aliphatic hydroxyl groups is 1. The smallest absolute Gasteiger partial charge is 0.126 e. The average molecular weight is 234 g/mol. The first-order valence-corrected chi connectivity index (χ1v) is 5.70. The van der Waals surface area contributed by atoms with Gasteiger partial charge in [0, 0.05) is 18.4 Å². The molecule has 1 atom stereocenters. The molecule has 1 aromatic heterocycles. The van der Waals surface area contributed by atoms with E-state index in [0.29, 0.717) is 5.56 Å². The van der Waals surface area contributed by atoms with E-state index in [1.54, 1.807) is 30.5 Å². The first kappa shape index (κ1) is 11.9. The highest BCUT2D eigenvalue weighted by Crippen LogP contribution is 2.24. The summed E-state index contributed by atoms with van der Waals surface area (Å²) in [5.41, 5.74) is 1.26. The van der Waals surface area contributed by atoms with Crippen LogP contribution in [0.25, 0.3) is 0 Å². The topological polar surface area (TPSA) is 33.4 Å². The fraction of sp³-hybridized carbons (Fsp3) is 0.286. The molecule has 0 fully saturated rings. The summed E-state index contributed by atoms with van der Waals surface area (Å²) in [5, 5.41) is 10.1. The Balaban J connectivity index is 2.17. The summed E-state index contributed by atoms with van der Waals surface area (Å²) in [6, 6.07) is 8.23. The van der Waals surface area contributed by atoms with Crippen LogP contribution in [0.5, 0.6) is 0 Å². The third kappa shape index (κ3) is 2.56. The molecule has 0 spiro atoms. The van der Waals surface area contributed by atoms with Gasteiger partial charge in [0.2, 0.25) is 0 Å². The van der Waals surface area contributed by atoms with E-state index in [4.69, 9.17) is 4.42 Å². The van der Waals surface area contributed by atoms with E-state index in [1.165, 1.54) is 6.07 Å². The van der Waals surface area contributed by atoms with Crippen LogP contribution in [-0.4, -0.2) is 5.11 Å². The lowest BCUT2D eigenvalue weighted by molar-refractivity contribution is 0.174. The monoisotopic (exact) mass is 234 g/mol. The number of aryl methyl sites for hydroxylation is 1. The SMILES string of the molecule is CCc1occc1C(O)Cc1ccccc1F. The number of benzene rings is 1. The van der Waals surface area contributed by atoms with Crippen molar-refractivity contribution in [2.75, 3.05) is 0 Å². The summed E-state index contributed by atoms with van der Waals surface area (Å²) < 4.78 is 18.7. The Morgan fingerprint density at radius 1 is 1.29 bits per heavy atom. The van der Waals surface area contributed by atoms with E-state index < -0.39 is 6.10 Å². The maximum absolute atomic E-state index is 13.4. The molecular weight excluding hydrogens is 219 g/mol. The minimum absolute atomic E-state index is 0.263. The van der Waals surface area contributed by atoms with Gasteiger partial charge in [-0.1, -0.05) is 25.1 Å². The molecule has 0 aliphatic carbocycles. The predicted molar refractivity (Wildman–Crippen MR) is 63.1 cm³/mol. The van der Waals surface area contributed by atoms with Gasteiger partial charge >= 0.3 is 0 Å². The molecule has 90 valence electrons. The second-order valence-electron chi connectivity index (χ2n) is 3.96. The summed E-state index contributed by atoms with van der Waals surface area (Å²) in [6.45, 7) is 1.96. The van der Waals surface area contributed by atoms with Gasteiger partial charge in [-0.2, -0.15) is 0 Å². The number of hydrogen-bond acceptors (Lipinski definition) is 2. The van der Waals surface area contributed by atoms with Crippen molar-refractivity contribution in [3.8, 4) is 0 Å². The lowest BCUT2D eigenvalue weighted by atomic mass is 10.0. The van der Waals surface area contributed by atoms with Gasteiger partial charge in [0.25, 0.3) is 0 Å². The third-order valence-electron chi connectivity index (χ3n) is 2.83. The molecule has 2 nitrogen and oxygen atoms in total. The van der Waals surface area contributed by atoms with E-state index >= 15 is 0 Å². The zero-order chi connectivity index (χ0) is 12.3. The Bertz CT molecular complexity index is 490. The minimum atomic E-state index is -0.722. The van der Waals surface area contributed by atoms with Gasteiger partial charge in [-0.25, -0.2) is 4.39 Å². The second kappa shape index (κ2) is 5.15. The lowest BCUT2D eigenvalue weighted by Gasteiger charge is -2.11. The highest BCUT2D eigenvalue weighted by atomic mass is 19.1. The normalized spacial score (nSPS) is 12.6. The largest absolute Gasteiger partial charge is 0.469 e.